The molecule has 0 unspecified atom stereocenters. The first-order valence-corrected chi connectivity index (χ1v) is 5.20. The Bertz CT molecular complexity index is 94.0. The van der Waals surface area contributed by atoms with Gasteiger partial charge in [-0.15, -0.1) is 0 Å². The van der Waals surface area contributed by atoms with Crippen molar-refractivity contribution in [2.75, 3.05) is 13.1 Å². The van der Waals surface area contributed by atoms with Gasteiger partial charge < -0.3 is 10.6 Å². The molecule has 0 aliphatic carbocycles. The Morgan fingerprint density at radius 1 is 1.17 bits per heavy atom. The van der Waals surface area contributed by atoms with E-state index in [0.29, 0.717) is 12.1 Å². The summed E-state index contributed by atoms with van der Waals surface area (Å²) in [5.41, 5.74) is 5.77. The summed E-state index contributed by atoms with van der Waals surface area (Å²) in [6.07, 6.45) is 2.36. The number of likely N-dealkylation sites (tertiary alicyclic amines) is 1. The fourth-order valence-corrected chi connectivity index (χ4v) is 1.44. The molecular weight excluding hydrogens is 148 g/mol. The normalized spacial score (nSPS) is 20.5. The number of piperidine rings is 1. The Morgan fingerprint density at radius 2 is 1.58 bits per heavy atom. The van der Waals surface area contributed by atoms with Gasteiger partial charge in [-0.25, -0.2) is 0 Å². The van der Waals surface area contributed by atoms with Gasteiger partial charge in [-0.3, -0.25) is 0 Å². The fraction of sp³-hybridized carbons (Fsp3) is 1.00. The number of nitrogens with two attached hydrogens (primary N) is 1. The van der Waals surface area contributed by atoms with Gasteiger partial charge in [0.2, 0.25) is 0 Å². The van der Waals surface area contributed by atoms with Gasteiger partial charge >= 0.3 is 0 Å². The van der Waals surface area contributed by atoms with Crippen LogP contribution in [0.15, 0.2) is 0 Å². The zero-order valence-electron chi connectivity index (χ0n) is 9.01. The highest BCUT2D eigenvalue weighted by atomic mass is 15.2. The third kappa shape index (κ3) is 4.07. The van der Waals surface area contributed by atoms with E-state index in [2.05, 4.69) is 18.7 Å². The second kappa shape index (κ2) is 6.44. The molecule has 1 heterocycles. The summed E-state index contributed by atoms with van der Waals surface area (Å²) in [4.78, 5) is 2.49. The molecule has 0 spiro atoms. The lowest BCUT2D eigenvalue weighted by atomic mass is 10.1. The predicted molar refractivity (Wildman–Crippen MR) is 55.3 cm³/mol. The van der Waals surface area contributed by atoms with Gasteiger partial charge in [0.25, 0.3) is 0 Å². The minimum Gasteiger partial charge on any atom is -0.328 e. The highest BCUT2D eigenvalue weighted by Gasteiger charge is 2.17. The van der Waals surface area contributed by atoms with Crippen molar-refractivity contribution < 1.29 is 0 Å². The van der Waals surface area contributed by atoms with E-state index in [0.717, 1.165) is 0 Å². The van der Waals surface area contributed by atoms with Crippen LogP contribution in [0.25, 0.3) is 0 Å². The Kier molecular flexibility index (Phi) is 6.39. The van der Waals surface area contributed by atoms with Crippen LogP contribution >= 0.6 is 0 Å². The van der Waals surface area contributed by atoms with Crippen LogP contribution in [-0.4, -0.2) is 30.1 Å². The average Bonchev–Trinajstić information content (AvgIpc) is 2.09. The van der Waals surface area contributed by atoms with Crippen molar-refractivity contribution >= 4 is 0 Å². The Labute approximate surface area is 77.1 Å². The first kappa shape index (κ1) is 11.9. The molecule has 74 valence electrons. The molecule has 0 amide bonds. The van der Waals surface area contributed by atoms with E-state index in [-0.39, 0.29) is 0 Å². The first-order valence-electron chi connectivity index (χ1n) is 5.20. The van der Waals surface area contributed by atoms with Gasteiger partial charge in [-0.05, 0) is 39.8 Å². The zero-order valence-corrected chi connectivity index (χ0v) is 9.01. The molecular formula is C10H24N2. The summed E-state index contributed by atoms with van der Waals surface area (Å²) in [5.74, 6) is 0. The van der Waals surface area contributed by atoms with E-state index in [9.17, 15) is 0 Å². The van der Waals surface area contributed by atoms with Crippen molar-refractivity contribution in [2.24, 2.45) is 5.73 Å². The van der Waals surface area contributed by atoms with Crippen LogP contribution in [0.2, 0.25) is 0 Å². The maximum atomic E-state index is 5.77. The van der Waals surface area contributed by atoms with Gasteiger partial charge in [-0.1, -0.05) is 13.8 Å². The molecule has 1 saturated heterocycles. The van der Waals surface area contributed by atoms with Crippen molar-refractivity contribution in [1.82, 2.24) is 4.90 Å². The van der Waals surface area contributed by atoms with Gasteiger partial charge in [0.1, 0.15) is 0 Å². The molecule has 0 atom stereocenters. The molecule has 1 fully saturated rings. The van der Waals surface area contributed by atoms with Crippen LogP contribution in [-0.2, 0) is 0 Å². The van der Waals surface area contributed by atoms with Gasteiger partial charge in [0.15, 0.2) is 0 Å². The zero-order chi connectivity index (χ0) is 9.56. The minimum atomic E-state index is 0.468. The van der Waals surface area contributed by atoms with Crippen molar-refractivity contribution in [3.8, 4) is 0 Å². The SMILES string of the molecule is CC.CC(C)N1CCC(N)CC1. The lowest BCUT2D eigenvalue weighted by Crippen LogP contribution is -2.42. The fourth-order valence-electron chi connectivity index (χ4n) is 1.44. The molecule has 0 aromatic heterocycles. The van der Waals surface area contributed by atoms with Crippen LogP contribution in [0.3, 0.4) is 0 Å². The van der Waals surface area contributed by atoms with Crippen LogP contribution in [0.5, 0.6) is 0 Å². The third-order valence-electron chi connectivity index (χ3n) is 2.30. The van der Waals surface area contributed by atoms with Gasteiger partial charge in [0, 0.05) is 12.1 Å². The molecule has 1 rings (SSSR count). The summed E-state index contributed by atoms with van der Waals surface area (Å²) < 4.78 is 0. The van der Waals surface area contributed by atoms with Crippen molar-refractivity contribution in [3.63, 3.8) is 0 Å². The molecule has 2 nitrogen and oxygen atoms in total. The quantitative estimate of drug-likeness (QED) is 0.654. The van der Waals surface area contributed by atoms with E-state index in [1.807, 2.05) is 13.8 Å². The van der Waals surface area contributed by atoms with E-state index in [4.69, 9.17) is 5.73 Å². The topological polar surface area (TPSA) is 29.3 Å². The molecule has 0 saturated carbocycles. The first-order chi connectivity index (χ1) is 5.70. The van der Waals surface area contributed by atoms with E-state index in [1.54, 1.807) is 0 Å². The van der Waals surface area contributed by atoms with Crippen molar-refractivity contribution in [2.45, 2.75) is 52.6 Å². The summed E-state index contributed by atoms with van der Waals surface area (Å²) >= 11 is 0. The Balaban J connectivity index is 0.000000561. The molecule has 2 heteroatoms. The van der Waals surface area contributed by atoms with Crippen LogP contribution < -0.4 is 5.73 Å². The summed E-state index contributed by atoms with van der Waals surface area (Å²) in [6.45, 7) is 10.9. The average molecular weight is 172 g/mol. The molecule has 0 aromatic carbocycles. The Hall–Kier alpha value is -0.0800. The highest BCUT2D eigenvalue weighted by molar-refractivity contribution is 4.75. The van der Waals surface area contributed by atoms with Gasteiger partial charge in [0.05, 0.1) is 0 Å². The smallest absolute Gasteiger partial charge is 0.00631 e. The number of nitrogens with zero attached hydrogens (tertiary/aromatic N) is 1. The highest BCUT2D eigenvalue weighted by Crippen LogP contribution is 2.10. The standard InChI is InChI=1S/C8H18N2.C2H6/c1-7(2)10-5-3-8(9)4-6-10;1-2/h7-8H,3-6,9H2,1-2H3;1-2H3. The summed E-state index contributed by atoms with van der Waals surface area (Å²) in [5, 5.41) is 0. The lowest BCUT2D eigenvalue weighted by molar-refractivity contribution is 0.173. The van der Waals surface area contributed by atoms with Crippen molar-refractivity contribution in [3.05, 3.63) is 0 Å². The molecule has 2 N–H and O–H groups in total. The molecule has 0 aromatic rings. The summed E-state index contributed by atoms with van der Waals surface area (Å²) in [6, 6.07) is 1.17. The minimum absolute atomic E-state index is 0.468. The van der Waals surface area contributed by atoms with E-state index in [1.165, 1.54) is 25.9 Å². The maximum Gasteiger partial charge on any atom is 0.00631 e. The van der Waals surface area contributed by atoms with Crippen LogP contribution in [0.1, 0.15) is 40.5 Å². The number of rotatable bonds is 1. The van der Waals surface area contributed by atoms with Crippen LogP contribution in [0.4, 0.5) is 0 Å². The van der Waals surface area contributed by atoms with Crippen LogP contribution in [0, 0.1) is 0 Å². The lowest BCUT2D eigenvalue weighted by Gasteiger charge is -2.32. The third-order valence-corrected chi connectivity index (χ3v) is 2.30. The number of hydrogen-bond acceptors (Lipinski definition) is 2. The molecule has 0 radical (unpaired) electrons. The Morgan fingerprint density at radius 3 is 1.92 bits per heavy atom. The second-order valence-corrected chi connectivity index (χ2v) is 3.47. The van der Waals surface area contributed by atoms with Crippen molar-refractivity contribution in [1.29, 1.82) is 0 Å². The molecule has 0 bridgehead atoms. The molecule has 12 heavy (non-hydrogen) atoms. The predicted octanol–water partition coefficient (Wildman–Crippen LogP) is 1.84. The largest absolute Gasteiger partial charge is 0.328 e. The van der Waals surface area contributed by atoms with E-state index < -0.39 is 0 Å². The van der Waals surface area contributed by atoms with Gasteiger partial charge in [-0.2, -0.15) is 0 Å². The monoisotopic (exact) mass is 172 g/mol. The number of hydrogen-bond donors (Lipinski definition) is 1. The summed E-state index contributed by atoms with van der Waals surface area (Å²) in [7, 11) is 0. The second-order valence-electron chi connectivity index (χ2n) is 3.47. The molecule has 1 aliphatic rings. The van der Waals surface area contributed by atoms with E-state index >= 15 is 0 Å². The molecule has 1 aliphatic heterocycles. The maximum absolute atomic E-state index is 5.77.